The van der Waals surface area contributed by atoms with Crippen LogP contribution >= 0.6 is 0 Å². The zero-order chi connectivity index (χ0) is 18.0. The summed E-state index contributed by atoms with van der Waals surface area (Å²) < 4.78 is 43.8. The predicted molar refractivity (Wildman–Crippen MR) is 81.0 cm³/mol. The summed E-state index contributed by atoms with van der Waals surface area (Å²) >= 11 is 0. The van der Waals surface area contributed by atoms with Crippen LogP contribution in [0.3, 0.4) is 0 Å². The summed E-state index contributed by atoms with van der Waals surface area (Å²) in [6.45, 7) is 1.95. The fourth-order valence-electron chi connectivity index (χ4n) is 3.10. The van der Waals surface area contributed by atoms with Crippen molar-refractivity contribution in [2.75, 3.05) is 11.4 Å². The van der Waals surface area contributed by atoms with Crippen LogP contribution in [0, 0.1) is 6.92 Å². The van der Waals surface area contributed by atoms with E-state index in [1.165, 1.54) is 4.90 Å². The third-order valence-corrected chi connectivity index (χ3v) is 4.37. The number of hydrogen-bond donors (Lipinski definition) is 1. The molecular weight excluding hydrogens is 339 g/mol. The van der Waals surface area contributed by atoms with Gasteiger partial charge >= 0.3 is 6.18 Å². The van der Waals surface area contributed by atoms with E-state index < -0.39 is 23.1 Å². The first-order valence-corrected chi connectivity index (χ1v) is 7.48. The van der Waals surface area contributed by atoms with Crippen LogP contribution in [0.25, 0.3) is 0 Å². The van der Waals surface area contributed by atoms with Gasteiger partial charge in [-0.2, -0.15) is 13.2 Å². The standard InChI is InChI=1S/C16H12F3N3O3/c1-8-6-12(25-21-8)22-5-4-15(24)13(23)10-7-9(16(17,18)19)2-3-11(10)20-14(15)22/h2-3,6-7,24H,4-5H2,1H3/t15-/m1/s1. The first kappa shape index (κ1) is 15.8. The number of amidine groups is 1. The second-order valence-corrected chi connectivity index (χ2v) is 6.06. The van der Waals surface area contributed by atoms with Crippen molar-refractivity contribution in [1.29, 1.82) is 0 Å². The number of fused-ring (bicyclic) bond motifs is 2. The summed E-state index contributed by atoms with van der Waals surface area (Å²) in [5, 5.41) is 14.6. The molecular formula is C16H12F3N3O3. The van der Waals surface area contributed by atoms with Crippen LogP contribution in [0.1, 0.15) is 28.0 Å². The van der Waals surface area contributed by atoms with Crippen LogP contribution in [-0.2, 0) is 6.18 Å². The lowest BCUT2D eigenvalue weighted by atomic mass is 9.87. The molecule has 1 N–H and O–H groups in total. The van der Waals surface area contributed by atoms with Crippen molar-refractivity contribution in [3.05, 3.63) is 41.1 Å². The van der Waals surface area contributed by atoms with Gasteiger partial charge in [-0.15, -0.1) is 0 Å². The molecule has 1 saturated heterocycles. The van der Waals surface area contributed by atoms with Crippen LogP contribution in [0.15, 0.2) is 33.8 Å². The summed E-state index contributed by atoms with van der Waals surface area (Å²) in [4.78, 5) is 18.5. The average Bonchev–Trinajstić information content (AvgIpc) is 3.11. The van der Waals surface area contributed by atoms with Crippen LogP contribution in [0.4, 0.5) is 24.7 Å². The maximum atomic E-state index is 12.9. The highest BCUT2D eigenvalue weighted by atomic mass is 19.4. The van der Waals surface area contributed by atoms with E-state index in [0.717, 1.165) is 18.2 Å². The highest BCUT2D eigenvalue weighted by Gasteiger charge is 2.53. The molecule has 3 heterocycles. The highest BCUT2D eigenvalue weighted by Crippen LogP contribution is 2.41. The summed E-state index contributed by atoms with van der Waals surface area (Å²) in [6, 6.07) is 4.35. The fourth-order valence-corrected chi connectivity index (χ4v) is 3.10. The molecule has 1 aromatic carbocycles. The molecule has 1 atom stereocenters. The van der Waals surface area contributed by atoms with Gasteiger partial charge in [-0.05, 0) is 25.1 Å². The number of Topliss-reactive ketones (excluding diaryl/α,β-unsaturated/α-hetero) is 1. The average molecular weight is 351 g/mol. The lowest BCUT2D eigenvalue weighted by molar-refractivity contribution is -0.137. The van der Waals surface area contributed by atoms with E-state index in [0.29, 0.717) is 11.6 Å². The molecule has 4 rings (SSSR count). The summed E-state index contributed by atoms with van der Waals surface area (Å²) in [5.41, 5.74) is -2.47. The van der Waals surface area contributed by atoms with Crippen LogP contribution in [-0.4, -0.2) is 34.0 Å². The Kier molecular flexibility index (Phi) is 3.11. The minimum Gasteiger partial charge on any atom is -0.374 e. The Hall–Kier alpha value is -2.68. The number of nitrogens with zero attached hydrogens (tertiary/aromatic N) is 3. The van der Waals surface area contributed by atoms with Gasteiger partial charge in [-0.3, -0.25) is 9.69 Å². The van der Waals surface area contributed by atoms with Crippen molar-refractivity contribution in [1.82, 2.24) is 5.16 Å². The van der Waals surface area contributed by atoms with Crippen LogP contribution in [0.5, 0.6) is 0 Å². The molecule has 25 heavy (non-hydrogen) atoms. The van der Waals surface area contributed by atoms with Crippen LogP contribution < -0.4 is 4.90 Å². The largest absolute Gasteiger partial charge is 0.416 e. The number of ketones is 1. The van der Waals surface area contributed by atoms with Crippen molar-refractivity contribution in [2.45, 2.75) is 25.1 Å². The molecule has 1 aromatic heterocycles. The predicted octanol–water partition coefficient (Wildman–Crippen LogP) is 2.87. The number of benzene rings is 1. The number of carbonyl (C=O) groups excluding carboxylic acids is 1. The molecule has 0 aliphatic carbocycles. The van der Waals surface area contributed by atoms with Gasteiger partial charge in [0.15, 0.2) is 11.4 Å². The fraction of sp³-hybridized carbons (Fsp3) is 0.312. The third-order valence-electron chi connectivity index (χ3n) is 4.37. The Morgan fingerprint density at radius 2 is 2.08 bits per heavy atom. The number of aliphatic imine (C=N–C) groups is 1. The van der Waals surface area contributed by atoms with E-state index in [1.807, 2.05) is 0 Å². The first-order chi connectivity index (χ1) is 11.7. The molecule has 2 aromatic rings. The highest BCUT2D eigenvalue weighted by molar-refractivity contribution is 6.28. The second-order valence-electron chi connectivity index (χ2n) is 6.06. The van der Waals surface area contributed by atoms with E-state index in [2.05, 4.69) is 10.1 Å². The number of rotatable bonds is 1. The Labute approximate surface area is 139 Å². The molecule has 0 saturated carbocycles. The Morgan fingerprint density at radius 1 is 1.32 bits per heavy atom. The maximum absolute atomic E-state index is 12.9. The summed E-state index contributed by atoms with van der Waals surface area (Å²) in [7, 11) is 0. The molecule has 0 amide bonds. The minimum absolute atomic E-state index is 0.0000990. The summed E-state index contributed by atoms with van der Waals surface area (Å²) in [6.07, 6.45) is -4.58. The minimum atomic E-state index is -4.58. The lowest BCUT2D eigenvalue weighted by Gasteiger charge is -2.28. The monoisotopic (exact) mass is 351 g/mol. The zero-order valence-electron chi connectivity index (χ0n) is 13.0. The third kappa shape index (κ3) is 2.26. The van der Waals surface area contributed by atoms with E-state index in [-0.39, 0.29) is 30.1 Å². The van der Waals surface area contributed by atoms with Crippen molar-refractivity contribution in [3.63, 3.8) is 0 Å². The van der Waals surface area contributed by atoms with E-state index in [9.17, 15) is 23.1 Å². The van der Waals surface area contributed by atoms with Crippen LogP contribution in [0.2, 0.25) is 0 Å². The van der Waals surface area contributed by atoms with E-state index >= 15 is 0 Å². The van der Waals surface area contributed by atoms with Gasteiger partial charge < -0.3 is 9.63 Å². The number of aliphatic hydroxyl groups is 1. The maximum Gasteiger partial charge on any atom is 0.416 e. The number of hydrogen-bond acceptors (Lipinski definition) is 6. The zero-order valence-corrected chi connectivity index (χ0v) is 13.0. The molecule has 0 bridgehead atoms. The molecule has 6 nitrogen and oxygen atoms in total. The molecule has 2 aliphatic rings. The Morgan fingerprint density at radius 3 is 2.72 bits per heavy atom. The Balaban J connectivity index is 1.84. The Bertz CT molecular complexity index is 919. The topological polar surface area (TPSA) is 78.9 Å². The first-order valence-electron chi connectivity index (χ1n) is 7.48. The second kappa shape index (κ2) is 4.92. The molecule has 0 unspecified atom stereocenters. The lowest BCUT2D eigenvalue weighted by Crippen LogP contribution is -2.48. The normalized spacial score (nSPS) is 22.7. The SMILES string of the molecule is Cc1cc(N2CC[C@@]3(O)C(=O)c4cc(C(F)(F)F)ccc4N=C23)on1. The molecule has 9 heteroatoms. The molecule has 0 radical (unpaired) electrons. The van der Waals surface area contributed by atoms with E-state index in [1.54, 1.807) is 13.0 Å². The van der Waals surface area contributed by atoms with Crippen molar-refractivity contribution >= 4 is 23.2 Å². The number of aryl methyl sites for hydroxylation is 1. The summed E-state index contributed by atoms with van der Waals surface area (Å²) in [5.74, 6) is -0.436. The van der Waals surface area contributed by atoms with Gasteiger partial charge in [0.2, 0.25) is 11.7 Å². The molecule has 1 fully saturated rings. The van der Waals surface area contributed by atoms with Gasteiger partial charge in [0.05, 0.1) is 16.9 Å². The van der Waals surface area contributed by atoms with Gasteiger partial charge in [0.1, 0.15) is 0 Å². The van der Waals surface area contributed by atoms with Gasteiger partial charge in [-0.1, -0.05) is 5.16 Å². The number of aromatic nitrogens is 1. The quantitative estimate of drug-likeness (QED) is 0.855. The molecule has 130 valence electrons. The van der Waals surface area contributed by atoms with E-state index in [4.69, 9.17) is 4.52 Å². The van der Waals surface area contributed by atoms with Crippen molar-refractivity contribution in [2.24, 2.45) is 4.99 Å². The number of alkyl halides is 3. The number of halogens is 3. The van der Waals surface area contributed by atoms with Gasteiger partial charge in [0, 0.05) is 24.6 Å². The van der Waals surface area contributed by atoms with Gasteiger partial charge in [0.25, 0.3) is 0 Å². The molecule has 0 spiro atoms. The van der Waals surface area contributed by atoms with Crippen molar-refractivity contribution < 1.29 is 27.6 Å². The number of carbonyl (C=O) groups is 1. The van der Waals surface area contributed by atoms with Crippen molar-refractivity contribution in [3.8, 4) is 0 Å². The smallest absolute Gasteiger partial charge is 0.374 e. The van der Waals surface area contributed by atoms with Gasteiger partial charge in [-0.25, -0.2) is 4.99 Å². The number of anilines is 1. The molecule has 2 aliphatic heterocycles.